The van der Waals surface area contributed by atoms with Crippen molar-refractivity contribution in [1.82, 2.24) is 15.1 Å². The van der Waals surface area contributed by atoms with Crippen LogP contribution >= 0.6 is 0 Å². The smallest absolute Gasteiger partial charge is 0.176 e. The number of nitrogens with zero attached hydrogens (tertiary/aromatic N) is 2. The molecule has 1 aliphatic rings. The number of nitrogens with one attached hydrogen (secondary N) is 2. The highest BCUT2D eigenvalue weighted by atomic mass is 16.5. The summed E-state index contributed by atoms with van der Waals surface area (Å²) in [6.07, 6.45) is 1.84. The maximum absolute atomic E-state index is 6.08. The summed E-state index contributed by atoms with van der Waals surface area (Å²) in [4.78, 5) is 0. The van der Waals surface area contributed by atoms with Crippen LogP contribution < -0.4 is 15.4 Å². The first kappa shape index (κ1) is 16.0. The Hall–Kier alpha value is -2.47. The number of para-hydroxylation sites is 1. The van der Waals surface area contributed by atoms with Crippen molar-refractivity contribution in [2.75, 3.05) is 25.0 Å². The molecule has 6 nitrogen and oxygen atoms in total. The number of furan rings is 1. The van der Waals surface area contributed by atoms with Gasteiger partial charge in [-0.1, -0.05) is 12.1 Å². The zero-order chi connectivity index (χ0) is 17.2. The summed E-state index contributed by atoms with van der Waals surface area (Å²) in [7, 11) is 0. The van der Waals surface area contributed by atoms with E-state index in [1.807, 2.05) is 36.0 Å². The quantitative estimate of drug-likeness (QED) is 0.720. The van der Waals surface area contributed by atoms with Gasteiger partial charge in [-0.05, 0) is 26.0 Å². The first-order chi connectivity index (χ1) is 12.2. The molecular formula is C19H24N4O2. The van der Waals surface area contributed by atoms with Crippen molar-refractivity contribution < 1.29 is 9.15 Å². The number of fused-ring (bicyclic) bond motifs is 2. The maximum Gasteiger partial charge on any atom is 0.176 e. The van der Waals surface area contributed by atoms with Crippen LogP contribution in [0.15, 0.2) is 40.9 Å². The van der Waals surface area contributed by atoms with E-state index >= 15 is 0 Å². The molecule has 2 aromatic heterocycles. The van der Waals surface area contributed by atoms with Crippen molar-refractivity contribution in [2.24, 2.45) is 5.92 Å². The van der Waals surface area contributed by atoms with Gasteiger partial charge in [0.25, 0.3) is 0 Å². The molecule has 1 aromatic carbocycles. The fourth-order valence-electron chi connectivity index (χ4n) is 3.31. The maximum atomic E-state index is 6.08. The van der Waals surface area contributed by atoms with Crippen LogP contribution in [-0.4, -0.2) is 29.5 Å². The summed E-state index contributed by atoms with van der Waals surface area (Å²) in [6, 6.07) is 10.3. The lowest BCUT2D eigenvalue weighted by atomic mass is 10.1. The van der Waals surface area contributed by atoms with Gasteiger partial charge in [0.15, 0.2) is 11.3 Å². The molecule has 4 rings (SSSR count). The molecule has 0 radical (unpaired) electrons. The van der Waals surface area contributed by atoms with Crippen molar-refractivity contribution in [1.29, 1.82) is 0 Å². The Morgan fingerprint density at radius 1 is 1.44 bits per heavy atom. The molecule has 6 heteroatoms. The molecule has 3 aromatic rings. The number of aromatic nitrogens is 2. The predicted molar refractivity (Wildman–Crippen MR) is 98.0 cm³/mol. The number of hydrogen-bond donors (Lipinski definition) is 2. The molecule has 2 unspecified atom stereocenters. The van der Waals surface area contributed by atoms with Crippen molar-refractivity contribution in [3.8, 4) is 5.75 Å². The average molecular weight is 340 g/mol. The largest absolute Gasteiger partial charge is 0.490 e. The molecule has 0 fully saturated rings. The summed E-state index contributed by atoms with van der Waals surface area (Å²) < 4.78 is 13.8. The molecule has 0 bridgehead atoms. The third kappa shape index (κ3) is 3.22. The van der Waals surface area contributed by atoms with Gasteiger partial charge < -0.3 is 19.8 Å². The van der Waals surface area contributed by atoms with Gasteiger partial charge in [0.2, 0.25) is 0 Å². The minimum atomic E-state index is 0.140. The summed E-state index contributed by atoms with van der Waals surface area (Å²) in [5, 5.41) is 12.4. The molecule has 2 N–H and O–H groups in total. The van der Waals surface area contributed by atoms with E-state index in [4.69, 9.17) is 9.15 Å². The van der Waals surface area contributed by atoms with Gasteiger partial charge >= 0.3 is 0 Å². The van der Waals surface area contributed by atoms with Crippen LogP contribution in [0.1, 0.15) is 25.6 Å². The van der Waals surface area contributed by atoms with Crippen LogP contribution in [0.5, 0.6) is 5.75 Å². The number of benzene rings is 1. The van der Waals surface area contributed by atoms with Gasteiger partial charge in [0.05, 0.1) is 18.8 Å². The lowest BCUT2D eigenvalue weighted by Gasteiger charge is -2.26. The summed E-state index contributed by atoms with van der Waals surface area (Å²) in [5.74, 6) is 3.34. The Labute approximate surface area is 147 Å². The topological polar surface area (TPSA) is 64.2 Å². The van der Waals surface area contributed by atoms with E-state index in [-0.39, 0.29) is 6.04 Å². The zero-order valence-electron chi connectivity index (χ0n) is 14.7. The number of ether oxygens (including phenoxy) is 1. The Morgan fingerprint density at radius 3 is 3.24 bits per heavy atom. The Kier molecular flexibility index (Phi) is 4.36. The highest BCUT2D eigenvalue weighted by Gasteiger charge is 2.20. The average Bonchev–Trinajstić information content (AvgIpc) is 3.26. The zero-order valence-corrected chi connectivity index (χ0v) is 14.7. The molecule has 0 amide bonds. The van der Waals surface area contributed by atoms with Crippen LogP contribution in [0.25, 0.3) is 11.0 Å². The second kappa shape index (κ2) is 6.80. The predicted octanol–water partition coefficient (Wildman–Crippen LogP) is 3.42. The first-order valence-corrected chi connectivity index (χ1v) is 8.89. The Bertz CT molecular complexity index is 854. The van der Waals surface area contributed by atoms with Gasteiger partial charge in [-0.2, -0.15) is 5.10 Å². The standard InChI is InChI=1S/C19H24N4O2/c1-3-24-16-6-4-5-15-9-17(25-19(15)16)13(2)20-10-14-11-21-18-7-8-22-23(18)12-14/h4-9,13-14,20-21H,3,10-12H2,1-2H3. The van der Waals surface area contributed by atoms with E-state index in [1.54, 1.807) is 0 Å². The second-order valence-electron chi connectivity index (χ2n) is 6.53. The summed E-state index contributed by atoms with van der Waals surface area (Å²) in [6.45, 7) is 7.54. The second-order valence-corrected chi connectivity index (χ2v) is 6.53. The van der Waals surface area contributed by atoms with Crippen molar-refractivity contribution in [3.05, 3.63) is 42.3 Å². The SMILES string of the molecule is CCOc1cccc2cc(C(C)NCC3CNc4ccnn4C3)oc12. The van der Waals surface area contributed by atoms with E-state index < -0.39 is 0 Å². The van der Waals surface area contributed by atoms with Crippen LogP contribution in [0.4, 0.5) is 5.82 Å². The molecule has 0 saturated heterocycles. The minimum Gasteiger partial charge on any atom is -0.490 e. The summed E-state index contributed by atoms with van der Waals surface area (Å²) in [5.41, 5.74) is 0.827. The molecule has 132 valence electrons. The van der Waals surface area contributed by atoms with E-state index in [9.17, 15) is 0 Å². The van der Waals surface area contributed by atoms with E-state index in [1.165, 1.54) is 0 Å². The van der Waals surface area contributed by atoms with E-state index in [0.717, 1.165) is 47.9 Å². The number of hydrogen-bond acceptors (Lipinski definition) is 5. The molecule has 3 heterocycles. The first-order valence-electron chi connectivity index (χ1n) is 8.89. The van der Waals surface area contributed by atoms with Crippen LogP contribution in [0.2, 0.25) is 0 Å². The molecule has 0 spiro atoms. The lowest BCUT2D eigenvalue weighted by Crippen LogP contribution is -2.36. The lowest BCUT2D eigenvalue weighted by molar-refractivity contribution is 0.333. The molecular weight excluding hydrogens is 316 g/mol. The van der Waals surface area contributed by atoms with Crippen molar-refractivity contribution in [3.63, 3.8) is 0 Å². The van der Waals surface area contributed by atoms with Crippen molar-refractivity contribution in [2.45, 2.75) is 26.4 Å². The molecule has 1 aliphatic heterocycles. The third-order valence-electron chi connectivity index (χ3n) is 4.69. The highest BCUT2D eigenvalue weighted by Crippen LogP contribution is 2.31. The molecule has 2 atom stereocenters. The fraction of sp³-hybridized carbons (Fsp3) is 0.421. The van der Waals surface area contributed by atoms with Crippen LogP contribution in [0, 0.1) is 5.92 Å². The number of rotatable bonds is 6. The minimum absolute atomic E-state index is 0.140. The van der Waals surface area contributed by atoms with Gasteiger partial charge in [-0.3, -0.25) is 0 Å². The van der Waals surface area contributed by atoms with Crippen LogP contribution in [0.3, 0.4) is 0 Å². The van der Waals surface area contributed by atoms with E-state index in [2.05, 4.69) is 34.8 Å². The van der Waals surface area contributed by atoms with Gasteiger partial charge in [0.1, 0.15) is 11.6 Å². The summed E-state index contributed by atoms with van der Waals surface area (Å²) >= 11 is 0. The van der Waals surface area contributed by atoms with Gasteiger partial charge in [0, 0.05) is 37.0 Å². The van der Waals surface area contributed by atoms with Crippen molar-refractivity contribution >= 4 is 16.8 Å². The van der Waals surface area contributed by atoms with Gasteiger partial charge in [-0.15, -0.1) is 0 Å². The highest BCUT2D eigenvalue weighted by molar-refractivity contribution is 5.83. The number of anilines is 1. The Morgan fingerprint density at radius 2 is 2.36 bits per heavy atom. The fourth-order valence-corrected chi connectivity index (χ4v) is 3.31. The van der Waals surface area contributed by atoms with E-state index in [0.29, 0.717) is 12.5 Å². The van der Waals surface area contributed by atoms with Crippen LogP contribution in [-0.2, 0) is 6.54 Å². The molecule has 25 heavy (non-hydrogen) atoms. The third-order valence-corrected chi connectivity index (χ3v) is 4.69. The monoisotopic (exact) mass is 340 g/mol. The normalized spacial score (nSPS) is 17.9. The molecule has 0 saturated carbocycles. The van der Waals surface area contributed by atoms with Gasteiger partial charge in [-0.25, -0.2) is 4.68 Å². The Balaban J connectivity index is 1.42. The molecule has 0 aliphatic carbocycles.